The average molecular weight is 428 g/mol. The Kier molecular flexibility index (Phi) is 5.71. The van der Waals surface area contributed by atoms with Gasteiger partial charge in [-0.3, -0.25) is 0 Å². The Balaban J connectivity index is 1.85. The molecule has 1 heterocycles. The summed E-state index contributed by atoms with van der Waals surface area (Å²) in [5, 5.41) is 3.79. The Morgan fingerprint density at radius 2 is 1.81 bits per heavy atom. The molecule has 0 unspecified atom stereocenters. The summed E-state index contributed by atoms with van der Waals surface area (Å²) in [4.78, 5) is 4.09. The molecule has 0 saturated heterocycles. The summed E-state index contributed by atoms with van der Waals surface area (Å²) in [6.45, 7) is -0.123. The number of hydrogen-bond acceptors (Lipinski definition) is 6. The van der Waals surface area contributed by atoms with Gasteiger partial charge in [-0.1, -0.05) is 58.7 Å². The average Bonchev–Trinajstić information content (AvgIpc) is 3.13. The van der Waals surface area contributed by atoms with Crippen LogP contribution in [0.5, 0.6) is 5.75 Å². The quantitative estimate of drug-likeness (QED) is 0.593. The zero-order valence-corrected chi connectivity index (χ0v) is 16.7. The lowest BCUT2D eigenvalue weighted by Gasteiger charge is -2.17. The number of ether oxygens (including phenoxy) is 1. The number of benzene rings is 2. The van der Waals surface area contributed by atoms with Gasteiger partial charge in [0.15, 0.2) is 0 Å². The molecule has 2 aromatic carbocycles. The van der Waals surface area contributed by atoms with Crippen LogP contribution in [0.3, 0.4) is 0 Å². The molecular weight excluding hydrogens is 413 g/mol. The molecule has 3 aromatic rings. The monoisotopic (exact) mass is 427 g/mol. The van der Waals surface area contributed by atoms with Crippen molar-refractivity contribution in [3.05, 3.63) is 58.4 Å². The molecular formula is C17H15Cl2N3O4S. The summed E-state index contributed by atoms with van der Waals surface area (Å²) in [5.74, 6) is 0.810. The van der Waals surface area contributed by atoms with Crippen molar-refractivity contribution in [2.75, 3.05) is 14.2 Å². The lowest BCUT2D eigenvalue weighted by atomic mass is 10.2. The van der Waals surface area contributed by atoms with E-state index in [4.69, 9.17) is 32.5 Å². The smallest absolute Gasteiger partial charge is 0.244 e. The molecule has 0 spiro atoms. The Hall–Kier alpha value is -2.13. The van der Waals surface area contributed by atoms with E-state index in [1.54, 1.807) is 0 Å². The predicted octanol–water partition coefficient (Wildman–Crippen LogP) is 3.87. The van der Waals surface area contributed by atoms with Crippen molar-refractivity contribution in [1.82, 2.24) is 14.4 Å². The van der Waals surface area contributed by atoms with Crippen LogP contribution in [-0.2, 0) is 16.6 Å². The third-order valence-electron chi connectivity index (χ3n) is 3.78. The third-order valence-corrected chi connectivity index (χ3v) is 6.60. The van der Waals surface area contributed by atoms with Crippen LogP contribution in [0, 0.1) is 0 Å². The van der Waals surface area contributed by atoms with Gasteiger partial charge in [-0.2, -0.15) is 9.29 Å². The molecule has 3 rings (SSSR count). The van der Waals surface area contributed by atoms with Crippen molar-refractivity contribution in [1.29, 1.82) is 0 Å². The van der Waals surface area contributed by atoms with Gasteiger partial charge in [0.2, 0.25) is 21.7 Å². The molecule has 0 amide bonds. The van der Waals surface area contributed by atoms with Gasteiger partial charge in [-0.25, -0.2) is 8.42 Å². The lowest BCUT2D eigenvalue weighted by Crippen LogP contribution is -2.27. The van der Waals surface area contributed by atoms with Crippen LogP contribution in [-0.4, -0.2) is 37.0 Å². The number of sulfonamides is 1. The van der Waals surface area contributed by atoms with E-state index < -0.39 is 10.0 Å². The number of aromatic nitrogens is 2. The summed E-state index contributed by atoms with van der Waals surface area (Å²) < 4.78 is 36.9. The zero-order chi connectivity index (χ0) is 19.6. The second-order valence-electron chi connectivity index (χ2n) is 5.53. The maximum Gasteiger partial charge on any atom is 0.244 e. The van der Waals surface area contributed by atoms with Crippen molar-refractivity contribution in [2.24, 2.45) is 0 Å². The zero-order valence-electron chi connectivity index (χ0n) is 14.4. The summed E-state index contributed by atoms with van der Waals surface area (Å²) in [5.41, 5.74) is 0.767. The molecule has 0 aliphatic rings. The number of nitrogens with zero attached hydrogens (tertiary/aromatic N) is 3. The largest absolute Gasteiger partial charge is 0.495 e. The van der Waals surface area contributed by atoms with Gasteiger partial charge in [0.1, 0.15) is 15.7 Å². The van der Waals surface area contributed by atoms with E-state index in [2.05, 4.69) is 10.1 Å². The van der Waals surface area contributed by atoms with Gasteiger partial charge in [-0.15, -0.1) is 0 Å². The first-order chi connectivity index (χ1) is 12.8. The van der Waals surface area contributed by atoms with Crippen LogP contribution in [0.1, 0.15) is 5.89 Å². The molecule has 0 saturated carbocycles. The lowest BCUT2D eigenvalue weighted by molar-refractivity contribution is 0.336. The summed E-state index contributed by atoms with van der Waals surface area (Å²) in [6, 6.07) is 12.0. The van der Waals surface area contributed by atoms with Crippen LogP contribution in [0.25, 0.3) is 11.4 Å². The summed E-state index contributed by atoms with van der Waals surface area (Å²) in [7, 11) is -1.14. The fourth-order valence-electron chi connectivity index (χ4n) is 2.34. The van der Waals surface area contributed by atoms with E-state index in [1.807, 2.05) is 30.3 Å². The van der Waals surface area contributed by atoms with Crippen LogP contribution in [0.15, 0.2) is 51.9 Å². The molecule has 0 radical (unpaired) electrons. The van der Waals surface area contributed by atoms with Crippen molar-refractivity contribution in [3.8, 4) is 17.1 Å². The summed E-state index contributed by atoms with van der Waals surface area (Å²) >= 11 is 12.2. The number of rotatable bonds is 6. The maximum absolute atomic E-state index is 12.8. The normalized spacial score (nSPS) is 11.7. The third kappa shape index (κ3) is 3.93. The molecule has 27 heavy (non-hydrogen) atoms. The molecule has 0 atom stereocenters. The fraction of sp³-hybridized carbons (Fsp3) is 0.176. The first-order valence-electron chi connectivity index (χ1n) is 7.71. The highest BCUT2D eigenvalue weighted by Crippen LogP contribution is 2.37. The number of halogens is 2. The molecule has 10 heteroatoms. The molecule has 0 aliphatic heterocycles. The second-order valence-corrected chi connectivity index (χ2v) is 8.30. The van der Waals surface area contributed by atoms with E-state index >= 15 is 0 Å². The van der Waals surface area contributed by atoms with E-state index in [1.165, 1.54) is 26.3 Å². The highest BCUT2D eigenvalue weighted by atomic mass is 35.5. The molecule has 7 nitrogen and oxygen atoms in total. The summed E-state index contributed by atoms with van der Waals surface area (Å²) in [6.07, 6.45) is 0. The van der Waals surface area contributed by atoms with Gasteiger partial charge in [0.05, 0.1) is 18.7 Å². The van der Waals surface area contributed by atoms with E-state index in [0.29, 0.717) is 5.82 Å². The SMILES string of the molecule is COc1ccc(S(=O)(=O)N(C)Cc2nc(-c3ccccc3)no2)c(Cl)c1Cl. The van der Waals surface area contributed by atoms with E-state index in [0.717, 1.165) is 9.87 Å². The minimum absolute atomic E-state index is 0.0257. The Labute approximate surface area is 166 Å². The fourth-order valence-corrected chi connectivity index (χ4v) is 4.27. The van der Waals surface area contributed by atoms with Gasteiger partial charge >= 0.3 is 0 Å². The van der Waals surface area contributed by atoms with E-state index in [-0.39, 0.29) is 33.1 Å². The first-order valence-corrected chi connectivity index (χ1v) is 9.90. The van der Waals surface area contributed by atoms with E-state index in [9.17, 15) is 8.42 Å². The van der Waals surface area contributed by atoms with Crippen LogP contribution in [0.4, 0.5) is 0 Å². The van der Waals surface area contributed by atoms with Crippen molar-refractivity contribution in [3.63, 3.8) is 0 Å². The molecule has 1 aromatic heterocycles. The van der Waals surface area contributed by atoms with Gasteiger partial charge in [0, 0.05) is 12.6 Å². The van der Waals surface area contributed by atoms with Gasteiger partial charge in [-0.05, 0) is 12.1 Å². The Morgan fingerprint density at radius 1 is 1.11 bits per heavy atom. The molecule has 0 bridgehead atoms. The molecule has 0 aliphatic carbocycles. The van der Waals surface area contributed by atoms with Crippen LogP contribution in [0.2, 0.25) is 10.0 Å². The van der Waals surface area contributed by atoms with Crippen molar-refractivity contribution >= 4 is 33.2 Å². The van der Waals surface area contributed by atoms with Gasteiger partial charge in [0.25, 0.3) is 0 Å². The first kappa shape index (κ1) is 19.6. The molecule has 142 valence electrons. The van der Waals surface area contributed by atoms with Gasteiger partial charge < -0.3 is 9.26 Å². The highest BCUT2D eigenvalue weighted by molar-refractivity contribution is 7.89. The number of hydrogen-bond donors (Lipinski definition) is 0. The Bertz CT molecular complexity index is 1060. The standard InChI is InChI=1S/C17H15Cl2N3O4S/c1-22(10-14-20-17(21-26-14)11-6-4-3-5-7-11)27(23,24)13-9-8-12(25-2)15(18)16(13)19/h3-9H,10H2,1-2H3. The second kappa shape index (κ2) is 7.85. The van der Waals surface area contributed by atoms with Crippen LogP contribution < -0.4 is 4.74 Å². The topological polar surface area (TPSA) is 85.5 Å². The molecule has 0 fully saturated rings. The minimum Gasteiger partial charge on any atom is -0.495 e. The van der Waals surface area contributed by atoms with Crippen molar-refractivity contribution in [2.45, 2.75) is 11.4 Å². The predicted molar refractivity (Wildman–Crippen MR) is 101 cm³/mol. The van der Waals surface area contributed by atoms with Crippen molar-refractivity contribution < 1.29 is 17.7 Å². The number of methoxy groups -OCH3 is 1. The maximum atomic E-state index is 12.8. The minimum atomic E-state index is -3.94. The Morgan fingerprint density at radius 3 is 2.48 bits per heavy atom. The van der Waals surface area contributed by atoms with Crippen LogP contribution >= 0.6 is 23.2 Å². The molecule has 0 N–H and O–H groups in total. The highest BCUT2D eigenvalue weighted by Gasteiger charge is 2.27.